The molecule has 0 radical (unpaired) electrons. The standard InChI is InChI=1S/C20H25N5O3/c1-3-24-9-11-25(12-10-24)19(26)17-13-22-18(14-21-17)23-16-7-5-15(6-8-16)20(27)28-4-2/h5-8,13-14H,3-4,9-12H2,1-2H3,(H,22,23). The van der Waals surface area contributed by atoms with Gasteiger partial charge in [-0.25, -0.2) is 14.8 Å². The zero-order valence-corrected chi connectivity index (χ0v) is 16.2. The van der Waals surface area contributed by atoms with E-state index < -0.39 is 0 Å². The van der Waals surface area contributed by atoms with Crippen molar-refractivity contribution in [1.82, 2.24) is 19.8 Å². The van der Waals surface area contributed by atoms with Crippen LogP contribution in [0.1, 0.15) is 34.7 Å². The summed E-state index contributed by atoms with van der Waals surface area (Å²) in [4.78, 5) is 36.9. The number of carbonyl (C=O) groups excluding carboxylic acids is 2. The number of hydrogen-bond acceptors (Lipinski definition) is 7. The normalized spacial score (nSPS) is 14.6. The minimum Gasteiger partial charge on any atom is -0.462 e. The second kappa shape index (κ2) is 9.27. The molecule has 1 amide bonds. The van der Waals surface area contributed by atoms with Gasteiger partial charge in [-0.05, 0) is 37.7 Å². The van der Waals surface area contributed by atoms with Gasteiger partial charge in [0.2, 0.25) is 0 Å². The first-order valence-electron chi connectivity index (χ1n) is 9.48. The van der Waals surface area contributed by atoms with Crippen molar-refractivity contribution in [2.45, 2.75) is 13.8 Å². The van der Waals surface area contributed by atoms with Gasteiger partial charge in [0.25, 0.3) is 5.91 Å². The van der Waals surface area contributed by atoms with Crippen LogP contribution in [-0.4, -0.2) is 71.0 Å². The highest BCUT2D eigenvalue weighted by Crippen LogP contribution is 2.16. The van der Waals surface area contributed by atoms with E-state index in [4.69, 9.17) is 4.74 Å². The van der Waals surface area contributed by atoms with Crippen LogP contribution < -0.4 is 5.32 Å². The predicted molar refractivity (Wildman–Crippen MR) is 106 cm³/mol. The molecular formula is C20H25N5O3. The fraction of sp³-hybridized carbons (Fsp3) is 0.400. The van der Waals surface area contributed by atoms with Crippen LogP contribution in [0.15, 0.2) is 36.7 Å². The molecule has 0 atom stereocenters. The molecule has 1 aromatic heterocycles. The van der Waals surface area contributed by atoms with E-state index in [9.17, 15) is 9.59 Å². The number of likely N-dealkylation sites (N-methyl/N-ethyl adjacent to an activating group) is 1. The van der Waals surface area contributed by atoms with Gasteiger partial charge in [0.05, 0.1) is 24.6 Å². The number of nitrogens with one attached hydrogen (secondary N) is 1. The van der Waals surface area contributed by atoms with Crippen LogP contribution in [0.5, 0.6) is 0 Å². The molecule has 3 rings (SSSR count). The largest absolute Gasteiger partial charge is 0.462 e. The first-order chi connectivity index (χ1) is 13.6. The number of anilines is 2. The zero-order chi connectivity index (χ0) is 19.9. The Kier molecular flexibility index (Phi) is 6.54. The summed E-state index contributed by atoms with van der Waals surface area (Å²) in [6.07, 6.45) is 3.03. The number of piperazine rings is 1. The van der Waals surface area contributed by atoms with E-state index in [2.05, 4.69) is 27.1 Å². The fourth-order valence-corrected chi connectivity index (χ4v) is 2.98. The van der Waals surface area contributed by atoms with E-state index in [1.54, 1.807) is 31.2 Å². The highest BCUT2D eigenvalue weighted by atomic mass is 16.5. The predicted octanol–water partition coefficient (Wildman–Crippen LogP) is 2.17. The summed E-state index contributed by atoms with van der Waals surface area (Å²) in [5, 5.41) is 3.10. The Balaban J connectivity index is 1.58. The van der Waals surface area contributed by atoms with Crippen LogP contribution >= 0.6 is 0 Å². The van der Waals surface area contributed by atoms with Crippen molar-refractivity contribution in [3.63, 3.8) is 0 Å². The molecule has 1 fully saturated rings. The summed E-state index contributed by atoms with van der Waals surface area (Å²) in [6, 6.07) is 6.89. The summed E-state index contributed by atoms with van der Waals surface area (Å²) >= 11 is 0. The highest BCUT2D eigenvalue weighted by Gasteiger charge is 2.22. The number of esters is 1. The van der Waals surface area contributed by atoms with Crippen molar-refractivity contribution in [2.24, 2.45) is 0 Å². The number of hydrogen-bond donors (Lipinski definition) is 1. The highest BCUT2D eigenvalue weighted by molar-refractivity contribution is 5.92. The van der Waals surface area contributed by atoms with Crippen molar-refractivity contribution in [2.75, 3.05) is 44.6 Å². The van der Waals surface area contributed by atoms with Gasteiger partial charge >= 0.3 is 5.97 Å². The average molecular weight is 383 g/mol. The van der Waals surface area contributed by atoms with Crippen molar-refractivity contribution in [3.05, 3.63) is 47.9 Å². The lowest BCUT2D eigenvalue weighted by molar-refractivity contribution is 0.0526. The summed E-state index contributed by atoms with van der Waals surface area (Å²) < 4.78 is 4.96. The molecular weight excluding hydrogens is 358 g/mol. The molecule has 0 bridgehead atoms. The third-order valence-electron chi connectivity index (χ3n) is 4.65. The van der Waals surface area contributed by atoms with Gasteiger partial charge < -0.3 is 19.9 Å². The van der Waals surface area contributed by atoms with E-state index in [0.29, 0.717) is 36.8 Å². The van der Waals surface area contributed by atoms with Crippen LogP contribution in [-0.2, 0) is 4.74 Å². The summed E-state index contributed by atoms with van der Waals surface area (Å²) in [5.74, 6) is 0.0845. The maximum atomic E-state index is 12.6. The number of amides is 1. The van der Waals surface area contributed by atoms with E-state index in [1.165, 1.54) is 12.4 Å². The van der Waals surface area contributed by atoms with Gasteiger partial charge in [-0.1, -0.05) is 6.92 Å². The Bertz CT molecular complexity index is 800. The van der Waals surface area contributed by atoms with Crippen molar-refractivity contribution in [3.8, 4) is 0 Å². The molecule has 1 N–H and O–H groups in total. The van der Waals surface area contributed by atoms with Crippen LogP contribution in [0, 0.1) is 0 Å². The Morgan fingerprint density at radius 1 is 1.04 bits per heavy atom. The number of nitrogens with zero attached hydrogens (tertiary/aromatic N) is 4. The molecule has 1 saturated heterocycles. The fourth-order valence-electron chi connectivity index (χ4n) is 2.98. The molecule has 8 nitrogen and oxygen atoms in total. The molecule has 148 valence electrons. The van der Waals surface area contributed by atoms with Gasteiger partial charge in [-0.3, -0.25) is 4.79 Å². The van der Waals surface area contributed by atoms with Gasteiger partial charge in [0.1, 0.15) is 11.5 Å². The maximum Gasteiger partial charge on any atom is 0.338 e. The Morgan fingerprint density at radius 2 is 1.75 bits per heavy atom. The lowest BCUT2D eigenvalue weighted by Gasteiger charge is -2.33. The van der Waals surface area contributed by atoms with Crippen LogP contribution in [0.4, 0.5) is 11.5 Å². The zero-order valence-electron chi connectivity index (χ0n) is 16.2. The van der Waals surface area contributed by atoms with E-state index >= 15 is 0 Å². The quantitative estimate of drug-likeness (QED) is 0.765. The minimum atomic E-state index is -0.350. The van der Waals surface area contributed by atoms with Crippen molar-refractivity contribution in [1.29, 1.82) is 0 Å². The first-order valence-corrected chi connectivity index (χ1v) is 9.48. The molecule has 0 aliphatic carbocycles. The van der Waals surface area contributed by atoms with Crippen LogP contribution in [0.2, 0.25) is 0 Å². The molecule has 2 heterocycles. The van der Waals surface area contributed by atoms with Gasteiger partial charge in [0, 0.05) is 31.9 Å². The Hall–Kier alpha value is -3.00. The van der Waals surface area contributed by atoms with E-state index in [0.717, 1.165) is 25.3 Å². The van der Waals surface area contributed by atoms with Gasteiger partial charge in [0.15, 0.2) is 0 Å². The number of carbonyl (C=O) groups is 2. The topological polar surface area (TPSA) is 87.7 Å². The lowest BCUT2D eigenvalue weighted by atomic mass is 10.2. The molecule has 0 saturated carbocycles. The first kappa shape index (κ1) is 19.8. The molecule has 1 aliphatic heterocycles. The average Bonchev–Trinajstić information content (AvgIpc) is 2.74. The van der Waals surface area contributed by atoms with E-state index in [1.807, 2.05) is 4.90 Å². The molecule has 28 heavy (non-hydrogen) atoms. The maximum absolute atomic E-state index is 12.6. The smallest absolute Gasteiger partial charge is 0.338 e. The molecule has 8 heteroatoms. The van der Waals surface area contributed by atoms with Gasteiger partial charge in [-0.15, -0.1) is 0 Å². The summed E-state index contributed by atoms with van der Waals surface area (Å²) in [5.41, 5.74) is 1.59. The van der Waals surface area contributed by atoms with E-state index in [-0.39, 0.29) is 11.9 Å². The summed E-state index contributed by atoms with van der Waals surface area (Å²) in [6.45, 7) is 8.43. The number of ether oxygens (including phenoxy) is 1. The van der Waals surface area contributed by atoms with Crippen molar-refractivity contribution < 1.29 is 14.3 Å². The second-order valence-corrected chi connectivity index (χ2v) is 6.44. The van der Waals surface area contributed by atoms with Crippen LogP contribution in [0.25, 0.3) is 0 Å². The monoisotopic (exact) mass is 383 g/mol. The minimum absolute atomic E-state index is 0.0893. The summed E-state index contributed by atoms with van der Waals surface area (Å²) in [7, 11) is 0. The SMILES string of the molecule is CCOC(=O)c1ccc(Nc2cnc(C(=O)N3CCN(CC)CC3)cn2)cc1. The van der Waals surface area contributed by atoms with Crippen molar-refractivity contribution >= 4 is 23.4 Å². The molecule has 0 spiro atoms. The van der Waals surface area contributed by atoms with Gasteiger partial charge in [-0.2, -0.15) is 0 Å². The molecule has 2 aromatic rings. The third kappa shape index (κ3) is 4.83. The second-order valence-electron chi connectivity index (χ2n) is 6.44. The van der Waals surface area contributed by atoms with Crippen LogP contribution in [0.3, 0.4) is 0 Å². The number of benzene rings is 1. The third-order valence-corrected chi connectivity index (χ3v) is 4.65. The molecule has 1 aromatic carbocycles. The number of aromatic nitrogens is 2. The Labute approximate surface area is 164 Å². The number of rotatable bonds is 6. The Morgan fingerprint density at radius 3 is 2.32 bits per heavy atom. The molecule has 0 unspecified atom stereocenters. The molecule has 1 aliphatic rings. The lowest BCUT2D eigenvalue weighted by Crippen LogP contribution is -2.48.